The molecular weight excluding hydrogens is 171 g/mol. The zero-order chi connectivity index (χ0) is 8.48. The molecule has 5 heteroatoms. The Bertz CT molecular complexity index is 224. The fourth-order valence-corrected chi connectivity index (χ4v) is 3.29. The van der Waals surface area contributed by atoms with Crippen molar-refractivity contribution < 1.29 is 17.9 Å². The number of sulfone groups is 1. The SMILES string of the molecule is O=S1(=O)CC(O)C(CCF)C1. The van der Waals surface area contributed by atoms with E-state index in [1.54, 1.807) is 0 Å². The highest BCUT2D eigenvalue weighted by Crippen LogP contribution is 2.21. The Hall–Kier alpha value is -0.160. The summed E-state index contributed by atoms with van der Waals surface area (Å²) >= 11 is 0. The van der Waals surface area contributed by atoms with Gasteiger partial charge in [0.05, 0.1) is 24.3 Å². The number of rotatable bonds is 2. The van der Waals surface area contributed by atoms with Crippen molar-refractivity contribution in [2.45, 2.75) is 12.5 Å². The van der Waals surface area contributed by atoms with Gasteiger partial charge in [-0.1, -0.05) is 0 Å². The molecule has 1 N–H and O–H groups in total. The molecule has 0 aliphatic carbocycles. The fourth-order valence-electron chi connectivity index (χ4n) is 1.32. The third kappa shape index (κ3) is 2.13. The van der Waals surface area contributed by atoms with Crippen molar-refractivity contribution in [3.05, 3.63) is 0 Å². The summed E-state index contributed by atoms with van der Waals surface area (Å²) in [6.45, 7) is -0.558. The van der Waals surface area contributed by atoms with Gasteiger partial charge in [0.1, 0.15) is 0 Å². The fraction of sp³-hybridized carbons (Fsp3) is 1.00. The first-order valence-electron chi connectivity index (χ1n) is 3.49. The lowest BCUT2D eigenvalue weighted by Gasteiger charge is -2.08. The topological polar surface area (TPSA) is 54.4 Å². The van der Waals surface area contributed by atoms with Gasteiger partial charge in [-0.25, -0.2) is 8.42 Å². The maximum absolute atomic E-state index is 11.8. The van der Waals surface area contributed by atoms with E-state index >= 15 is 0 Å². The average Bonchev–Trinajstić information content (AvgIpc) is 2.07. The van der Waals surface area contributed by atoms with E-state index in [-0.39, 0.29) is 23.8 Å². The second-order valence-electron chi connectivity index (χ2n) is 2.88. The zero-order valence-corrected chi connectivity index (χ0v) is 6.85. The first-order chi connectivity index (χ1) is 5.05. The minimum atomic E-state index is -3.08. The van der Waals surface area contributed by atoms with Gasteiger partial charge in [0.2, 0.25) is 0 Å². The van der Waals surface area contributed by atoms with Gasteiger partial charge in [0.25, 0.3) is 0 Å². The predicted molar refractivity (Wildman–Crippen MR) is 38.7 cm³/mol. The molecule has 11 heavy (non-hydrogen) atoms. The van der Waals surface area contributed by atoms with Gasteiger partial charge in [0, 0.05) is 5.92 Å². The molecule has 0 amide bonds. The van der Waals surface area contributed by atoms with Crippen molar-refractivity contribution in [2.24, 2.45) is 5.92 Å². The highest BCUT2D eigenvalue weighted by atomic mass is 32.2. The van der Waals surface area contributed by atoms with E-state index in [0.29, 0.717) is 0 Å². The number of hydrogen-bond acceptors (Lipinski definition) is 3. The molecule has 1 saturated heterocycles. The number of alkyl halides is 1. The van der Waals surface area contributed by atoms with E-state index in [1.165, 1.54) is 0 Å². The van der Waals surface area contributed by atoms with E-state index in [9.17, 15) is 12.8 Å². The lowest BCUT2D eigenvalue weighted by Crippen LogP contribution is -2.17. The summed E-state index contributed by atoms with van der Waals surface area (Å²) in [5.41, 5.74) is 0. The van der Waals surface area contributed by atoms with Crippen LogP contribution in [0.4, 0.5) is 4.39 Å². The van der Waals surface area contributed by atoms with Gasteiger partial charge >= 0.3 is 0 Å². The van der Waals surface area contributed by atoms with E-state index in [4.69, 9.17) is 5.11 Å². The molecule has 0 aromatic rings. The standard InChI is InChI=1S/C6H11FO3S/c7-2-1-5-3-11(9,10)4-6(5)8/h5-6,8H,1-4H2. The summed E-state index contributed by atoms with van der Waals surface area (Å²) in [5.74, 6) is -0.638. The largest absolute Gasteiger partial charge is 0.392 e. The van der Waals surface area contributed by atoms with Crippen LogP contribution in [0.25, 0.3) is 0 Å². The first kappa shape index (κ1) is 8.93. The van der Waals surface area contributed by atoms with Crippen molar-refractivity contribution in [3.63, 3.8) is 0 Å². The summed E-state index contributed by atoms with van der Waals surface area (Å²) in [6.07, 6.45) is -0.698. The van der Waals surface area contributed by atoms with Crippen LogP contribution in [-0.4, -0.2) is 37.8 Å². The molecular formula is C6H11FO3S. The van der Waals surface area contributed by atoms with Crippen LogP contribution in [0.1, 0.15) is 6.42 Å². The van der Waals surface area contributed by atoms with Crippen LogP contribution >= 0.6 is 0 Å². The number of hydrogen-bond donors (Lipinski definition) is 1. The Balaban J connectivity index is 2.59. The molecule has 66 valence electrons. The van der Waals surface area contributed by atoms with E-state index in [2.05, 4.69) is 0 Å². The third-order valence-electron chi connectivity index (χ3n) is 1.92. The van der Waals surface area contributed by atoms with E-state index < -0.39 is 22.6 Å². The number of aliphatic hydroxyl groups is 1. The molecule has 0 aromatic heterocycles. The van der Waals surface area contributed by atoms with Crippen LogP contribution in [0, 0.1) is 5.92 Å². The second kappa shape index (κ2) is 3.06. The highest BCUT2D eigenvalue weighted by Gasteiger charge is 2.35. The van der Waals surface area contributed by atoms with Crippen LogP contribution < -0.4 is 0 Å². The van der Waals surface area contributed by atoms with Gasteiger partial charge in [-0.2, -0.15) is 0 Å². The summed E-state index contributed by atoms with van der Waals surface area (Å²) in [6, 6.07) is 0. The van der Waals surface area contributed by atoms with Crippen molar-refractivity contribution in [1.29, 1.82) is 0 Å². The molecule has 0 bridgehead atoms. The molecule has 0 spiro atoms. The smallest absolute Gasteiger partial charge is 0.153 e. The van der Waals surface area contributed by atoms with Crippen molar-refractivity contribution in [1.82, 2.24) is 0 Å². The summed E-state index contributed by atoms with van der Waals surface area (Å²) in [7, 11) is -3.08. The Labute approximate surface area is 65.1 Å². The molecule has 0 aromatic carbocycles. The monoisotopic (exact) mass is 182 g/mol. The minimum Gasteiger partial charge on any atom is -0.392 e. The first-order valence-corrected chi connectivity index (χ1v) is 5.32. The lowest BCUT2D eigenvalue weighted by molar-refractivity contribution is 0.139. The summed E-state index contributed by atoms with van der Waals surface area (Å²) < 4.78 is 33.5. The normalized spacial score (nSPS) is 35.8. The molecule has 1 heterocycles. The lowest BCUT2D eigenvalue weighted by atomic mass is 10.0. The van der Waals surface area contributed by atoms with Crippen LogP contribution in [0.3, 0.4) is 0 Å². The molecule has 1 rings (SSSR count). The maximum atomic E-state index is 11.8. The second-order valence-corrected chi connectivity index (χ2v) is 5.04. The summed E-state index contributed by atoms with van der Waals surface area (Å²) in [5, 5.41) is 9.11. The Morgan fingerprint density at radius 2 is 2.09 bits per heavy atom. The maximum Gasteiger partial charge on any atom is 0.153 e. The average molecular weight is 182 g/mol. The predicted octanol–water partition coefficient (Wildman–Crippen LogP) is -0.249. The van der Waals surface area contributed by atoms with Gasteiger partial charge < -0.3 is 5.11 Å². The highest BCUT2D eigenvalue weighted by molar-refractivity contribution is 7.91. The van der Waals surface area contributed by atoms with Gasteiger partial charge in [-0.05, 0) is 6.42 Å². The van der Waals surface area contributed by atoms with Gasteiger partial charge in [0.15, 0.2) is 9.84 Å². The number of halogens is 1. The van der Waals surface area contributed by atoms with Crippen molar-refractivity contribution >= 4 is 9.84 Å². The minimum absolute atomic E-state index is 0.0575. The van der Waals surface area contributed by atoms with Crippen LogP contribution in [0.5, 0.6) is 0 Å². The Kier molecular flexibility index (Phi) is 2.49. The van der Waals surface area contributed by atoms with E-state index in [0.717, 1.165) is 0 Å². The summed E-state index contributed by atoms with van der Waals surface area (Å²) in [4.78, 5) is 0. The molecule has 1 fully saturated rings. The molecule has 2 atom stereocenters. The Morgan fingerprint density at radius 1 is 1.45 bits per heavy atom. The van der Waals surface area contributed by atoms with Crippen LogP contribution in [0.2, 0.25) is 0 Å². The van der Waals surface area contributed by atoms with Crippen LogP contribution in [0.15, 0.2) is 0 Å². The van der Waals surface area contributed by atoms with Gasteiger partial charge in [-0.15, -0.1) is 0 Å². The molecule has 1 aliphatic rings. The zero-order valence-electron chi connectivity index (χ0n) is 6.03. The third-order valence-corrected chi connectivity index (χ3v) is 3.70. The molecule has 0 saturated carbocycles. The molecule has 0 radical (unpaired) electrons. The Morgan fingerprint density at radius 3 is 2.45 bits per heavy atom. The van der Waals surface area contributed by atoms with Gasteiger partial charge in [-0.3, -0.25) is 4.39 Å². The van der Waals surface area contributed by atoms with Crippen molar-refractivity contribution in [2.75, 3.05) is 18.2 Å². The molecule has 2 unspecified atom stereocenters. The van der Waals surface area contributed by atoms with E-state index in [1.807, 2.05) is 0 Å². The number of aliphatic hydroxyl groups excluding tert-OH is 1. The van der Waals surface area contributed by atoms with Crippen LogP contribution in [-0.2, 0) is 9.84 Å². The van der Waals surface area contributed by atoms with Crippen molar-refractivity contribution in [3.8, 4) is 0 Å². The quantitative estimate of drug-likeness (QED) is 0.640. The molecule has 3 nitrogen and oxygen atoms in total. The molecule has 1 aliphatic heterocycles.